The summed E-state index contributed by atoms with van der Waals surface area (Å²) in [6.45, 7) is 1.35. The average molecular weight is 491 g/mol. The third-order valence-corrected chi connectivity index (χ3v) is 9.62. The normalized spacial score (nSPS) is 18.1. The number of pyridine rings is 1. The van der Waals surface area contributed by atoms with Crippen molar-refractivity contribution in [3.05, 3.63) is 66.1 Å². The molecule has 10 heteroatoms. The van der Waals surface area contributed by atoms with Gasteiger partial charge in [0.2, 0.25) is 0 Å². The fourth-order valence-electron chi connectivity index (χ4n) is 4.20. The lowest BCUT2D eigenvalue weighted by atomic mass is 10.1. The Bertz CT molecular complexity index is 1130. The number of carbonyl (C=O) groups is 1. The lowest BCUT2D eigenvalue weighted by Gasteiger charge is -2.37. The predicted octanol–water partition coefficient (Wildman–Crippen LogP) is 5.37. The van der Waals surface area contributed by atoms with Crippen LogP contribution in [-0.4, -0.2) is 54.2 Å². The molecule has 5 nitrogen and oxygen atoms in total. The van der Waals surface area contributed by atoms with Gasteiger partial charge in [-0.1, -0.05) is 0 Å². The highest BCUT2D eigenvalue weighted by molar-refractivity contribution is 8.21. The number of hydrogen-bond donors (Lipinski definition) is 0. The molecule has 1 amide bonds. The van der Waals surface area contributed by atoms with Crippen LogP contribution >= 0.6 is 23.5 Å². The Kier molecular flexibility index (Phi) is 5.90. The third kappa shape index (κ3) is 4.50. The van der Waals surface area contributed by atoms with Crippen LogP contribution in [0.15, 0.2) is 54.9 Å². The van der Waals surface area contributed by atoms with E-state index in [0.717, 1.165) is 42.0 Å². The van der Waals surface area contributed by atoms with E-state index in [0.29, 0.717) is 24.5 Å². The second kappa shape index (κ2) is 8.72. The Morgan fingerprint density at radius 1 is 0.970 bits per heavy atom. The van der Waals surface area contributed by atoms with Crippen LogP contribution in [0.5, 0.6) is 0 Å². The average Bonchev–Trinajstić information content (AvgIpc) is 3.47. The molecule has 0 bridgehead atoms. The number of nitrogens with zero attached hydrogens (tertiary/aromatic N) is 4. The molecule has 5 rings (SSSR count). The summed E-state index contributed by atoms with van der Waals surface area (Å²) in [7, 11) is 0. The van der Waals surface area contributed by atoms with Crippen molar-refractivity contribution in [1.82, 2.24) is 19.7 Å². The molecule has 2 aliphatic rings. The summed E-state index contributed by atoms with van der Waals surface area (Å²) in [4.78, 5) is 19.2. The number of thioether (sulfide) groups is 2. The van der Waals surface area contributed by atoms with Gasteiger partial charge in [0, 0.05) is 42.6 Å². The van der Waals surface area contributed by atoms with E-state index in [1.807, 2.05) is 28.4 Å². The van der Waals surface area contributed by atoms with Gasteiger partial charge in [-0.15, -0.1) is 23.5 Å². The van der Waals surface area contributed by atoms with Crippen LogP contribution in [0.1, 0.15) is 28.9 Å². The smallest absolute Gasteiger partial charge is 0.337 e. The van der Waals surface area contributed by atoms with Gasteiger partial charge in [-0.05, 0) is 55.3 Å². The number of amides is 1. The number of aromatic nitrogens is 3. The van der Waals surface area contributed by atoms with Crippen molar-refractivity contribution in [1.29, 1.82) is 0 Å². The van der Waals surface area contributed by atoms with Crippen LogP contribution in [0.2, 0.25) is 0 Å². The van der Waals surface area contributed by atoms with E-state index in [9.17, 15) is 18.0 Å². The Morgan fingerprint density at radius 2 is 1.61 bits per heavy atom. The van der Waals surface area contributed by atoms with Crippen LogP contribution < -0.4 is 0 Å². The first kappa shape index (κ1) is 22.3. The van der Waals surface area contributed by atoms with Crippen LogP contribution in [0.4, 0.5) is 13.2 Å². The topological polar surface area (TPSA) is 51.0 Å². The van der Waals surface area contributed by atoms with E-state index >= 15 is 0 Å². The molecule has 33 heavy (non-hydrogen) atoms. The Balaban J connectivity index is 1.45. The first-order valence-electron chi connectivity index (χ1n) is 10.6. The molecule has 1 aromatic carbocycles. The molecule has 2 aliphatic heterocycles. The van der Waals surface area contributed by atoms with Gasteiger partial charge in [0.25, 0.3) is 5.91 Å². The van der Waals surface area contributed by atoms with Gasteiger partial charge < -0.3 is 4.90 Å². The standard InChI is InChI=1S/C23H21F3N4OS2/c24-23(25,26)17-1-3-18(4-2-17)30-20(16-5-9-27-10-6-16)15-19(28-30)21(31)29-11-7-22(8-12-29)32-13-14-33-22/h1-6,9-10,15H,7-8,11-14H2. The number of likely N-dealkylation sites (tertiary alicyclic amines) is 1. The van der Waals surface area contributed by atoms with Gasteiger partial charge in [0.05, 0.1) is 21.0 Å². The molecule has 0 aliphatic carbocycles. The van der Waals surface area contributed by atoms with Crippen molar-refractivity contribution in [3.63, 3.8) is 0 Å². The van der Waals surface area contributed by atoms with E-state index in [1.54, 1.807) is 30.6 Å². The Morgan fingerprint density at radius 3 is 2.21 bits per heavy atom. The molecule has 172 valence electrons. The molecular formula is C23H21F3N4OS2. The minimum absolute atomic E-state index is 0.154. The Hall–Kier alpha value is -2.46. The van der Waals surface area contributed by atoms with Crippen molar-refractivity contribution >= 4 is 29.4 Å². The highest BCUT2D eigenvalue weighted by atomic mass is 32.2. The molecule has 2 saturated heterocycles. The highest BCUT2D eigenvalue weighted by Crippen LogP contribution is 2.50. The lowest BCUT2D eigenvalue weighted by molar-refractivity contribution is -0.137. The van der Waals surface area contributed by atoms with E-state index in [-0.39, 0.29) is 15.7 Å². The maximum atomic E-state index is 13.3. The van der Waals surface area contributed by atoms with Gasteiger partial charge in [0.15, 0.2) is 5.69 Å². The summed E-state index contributed by atoms with van der Waals surface area (Å²) in [5, 5.41) is 4.53. The first-order valence-corrected chi connectivity index (χ1v) is 12.6. The maximum absolute atomic E-state index is 13.3. The zero-order chi connectivity index (χ0) is 23.1. The highest BCUT2D eigenvalue weighted by Gasteiger charge is 2.40. The minimum atomic E-state index is -4.42. The molecule has 2 fully saturated rings. The number of benzene rings is 1. The minimum Gasteiger partial charge on any atom is -0.337 e. The molecular weight excluding hydrogens is 469 g/mol. The van der Waals surface area contributed by atoms with Crippen LogP contribution in [0.25, 0.3) is 16.9 Å². The fraction of sp³-hybridized carbons (Fsp3) is 0.348. The second-order valence-corrected chi connectivity index (χ2v) is 11.2. The summed E-state index contributed by atoms with van der Waals surface area (Å²) in [6, 6.07) is 10.1. The van der Waals surface area contributed by atoms with Gasteiger partial charge in [-0.2, -0.15) is 18.3 Å². The molecule has 0 radical (unpaired) electrons. The van der Waals surface area contributed by atoms with Crippen molar-refractivity contribution in [2.45, 2.75) is 23.1 Å². The van der Waals surface area contributed by atoms with Crippen molar-refractivity contribution in [3.8, 4) is 16.9 Å². The zero-order valence-corrected chi connectivity index (χ0v) is 19.2. The molecule has 0 atom stereocenters. The molecule has 0 saturated carbocycles. The summed E-state index contributed by atoms with van der Waals surface area (Å²) < 4.78 is 40.8. The van der Waals surface area contributed by atoms with Gasteiger partial charge >= 0.3 is 6.18 Å². The lowest BCUT2D eigenvalue weighted by Crippen LogP contribution is -2.43. The van der Waals surface area contributed by atoms with Crippen molar-refractivity contribution < 1.29 is 18.0 Å². The summed E-state index contributed by atoms with van der Waals surface area (Å²) in [5.74, 6) is 2.16. The predicted molar refractivity (Wildman–Crippen MR) is 125 cm³/mol. The van der Waals surface area contributed by atoms with Crippen LogP contribution in [0.3, 0.4) is 0 Å². The monoisotopic (exact) mass is 490 g/mol. The second-order valence-electron chi connectivity index (χ2n) is 8.01. The SMILES string of the molecule is O=C(c1cc(-c2ccncc2)n(-c2ccc(C(F)(F)F)cc2)n1)N1CCC2(CC1)SCCS2. The fourth-order valence-corrected chi connectivity index (χ4v) is 7.39. The number of piperidine rings is 1. The van der Waals surface area contributed by atoms with Crippen molar-refractivity contribution in [2.24, 2.45) is 0 Å². The summed E-state index contributed by atoms with van der Waals surface area (Å²) in [5.41, 5.74) is 1.39. The number of halogens is 3. The largest absolute Gasteiger partial charge is 0.416 e. The van der Waals surface area contributed by atoms with Crippen LogP contribution in [0, 0.1) is 0 Å². The zero-order valence-electron chi connectivity index (χ0n) is 17.6. The van der Waals surface area contributed by atoms with Gasteiger partial charge in [0.1, 0.15) is 0 Å². The quantitative estimate of drug-likeness (QED) is 0.494. The Labute approximate surface area is 197 Å². The molecule has 3 aromatic rings. The third-order valence-electron chi connectivity index (χ3n) is 5.97. The van der Waals surface area contributed by atoms with E-state index in [1.165, 1.54) is 16.8 Å². The van der Waals surface area contributed by atoms with E-state index in [4.69, 9.17) is 0 Å². The molecule has 4 heterocycles. The summed E-state index contributed by atoms with van der Waals surface area (Å²) >= 11 is 4.00. The molecule has 1 spiro atoms. The van der Waals surface area contributed by atoms with Gasteiger partial charge in [-0.3, -0.25) is 9.78 Å². The van der Waals surface area contributed by atoms with Crippen molar-refractivity contribution in [2.75, 3.05) is 24.6 Å². The first-order chi connectivity index (χ1) is 15.8. The van der Waals surface area contributed by atoms with E-state index in [2.05, 4.69) is 10.1 Å². The number of hydrogen-bond acceptors (Lipinski definition) is 5. The maximum Gasteiger partial charge on any atom is 0.416 e. The van der Waals surface area contributed by atoms with Gasteiger partial charge in [-0.25, -0.2) is 4.68 Å². The number of rotatable bonds is 3. The molecule has 0 N–H and O–H groups in total. The summed E-state index contributed by atoms with van der Waals surface area (Å²) in [6.07, 6.45) is 0.735. The van der Waals surface area contributed by atoms with Crippen LogP contribution in [-0.2, 0) is 6.18 Å². The number of alkyl halides is 3. The molecule has 0 unspecified atom stereocenters. The molecule has 2 aromatic heterocycles. The van der Waals surface area contributed by atoms with E-state index < -0.39 is 11.7 Å². The number of carbonyl (C=O) groups excluding carboxylic acids is 1.